The second-order valence-corrected chi connectivity index (χ2v) is 6.24. The molecule has 25 heavy (non-hydrogen) atoms. The predicted octanol–water partition coefficient (Wildman–Crippen LogP) is 2.47. The SMILES string of the molecule is NCCN(N)Cc1ncc(-c2cnc[nH]2)c(-c2ccc(Cl)cc2Cl)n1. The Labute approximate surface area is 155 Å². The molecule has 0 fully saturated rings. The summed E-state index contributed by atoms with van der Waals surface area (Å²) in [5.74, 6) is 6.47. The van der Waals surface area contributed by atoms with Gasteiger partial charge < -0.3 is 10.7 Å². The number of aromatic nitrogens is 4. The second kappa shape index (κ2) is 7.90. The number of H-pyrrole nitrogens is 1. The molecule has 0 spiro atoms. The van der Waals surface area contributed by atoms with E-state index >= 15 is 0 Å². The van der Waals surface area contributed by atoms with Crippen LogP contribution < -0.4 is 11.6 Å². The van der Waals surface area contributed by atoms with Gasteiger partial charge in [0.2, 0.25) is 0 Å². The third kappa shape index (κ3) is 4.15. The van der Waals surface area contributed by atoms with E-state index in [9.17, 15) is 0 Å². The van der Waals surface area contributed by atoms with E-state index in [1.807, 2.05) is 6.07 Å². The lowest BCUT2D eigenvalue weighted by atomic mass is 10.1. The van der Waals surface area contributed by atoms with E-state index < -0.39 is 0 Å². The van der Waals surface area contributed by atoms with Crippen molar-refractivity contribution in [3.63, 3.8) is 0 Å². The highest BCUT2D eigenvalue weighted by Gasteiger charge is 2.16. The summed E-state index contributed by atoms with van der Waals surface area (Å²) in [6, 6.07) is 5.28. The highest BCUT2D eigenvalue weighted by atomic mass is 35.5. The minimum Gasteiger partial charge on any atom is -0.345 e. The molecule has 0 aliphatic rings. The Bertz CT molecular complexity index is 852. The second-order valence-electron chi connectivity index (χ2n) is 5.40. The van der Waals surface area contributed by atoms with Crippen LogP contribution in [0.4, 0.5) is 0 Å². The molecule has 0 bridgehead atoms. The molecule has 3 aromatic rings. The number of nitrogens with one attached hydrogen (secondary N) is 1. The number of rotatable bonds is 6. The Morgan fingerprint density at radius 3 is 2.68 bits per heavy atom. The van der Waals surface area contributed by atoms with E-state index in [1.165, 1.54) is 0 Å². The lowest BCUT2D eigenvalue weighted by Gasteiger charge is -2.16. The van der Waals surface area contributed by atoms with Crippen molar-refractivity contribution in [3.05, 3.63) is 52.8 Å². The molecule has 2 heterocycles. The summed E-state index contributed by atoms with van der Waals surface area (Å²) in [5, 5.41) is 2.63. The van der Waals surface area contributed by atoms with Crippen LogP contribution in [0.25, 0.3) is 22.5 Å². The van der Waals surface area contributed by atoms with Crippen LogP contribution in [0, 0.1) is 0 Å². The lowest BCUT2D eigenvalue weighted by Crippen LogP contribution is -2.35. The third-order valence-electron chi connectivity index (χ3n) is 3.57. The van der Waals surface area contributed by atoms with Gasteiger partial charge in [-0.25, -0.2) is 20.0 Å². The summed E-state index contributed by atoms with van der Waals surface area (Å²) in [4.78, 5) is 16.2. The van der Waals surface area contributed by atoms with Gasteiger partial charge in [0.15, 0.2) is 0 Å². The van der Waals surface area contributed by atoms with Crippen LogP contribution in [0.1, 0.15) is 5.82 Å². The zero-order chi connectivity index (χ0) is 17.8. The Hall–Kier alpha value is -2.03. The Balaban J connectivity index is 2.08. The van der Waals surface area contributed by atoms with Gasteiger partial charge in [-0.3, -0.25) is 5.84 Å². The van der Waals surface area contributed by atoms with Gasteiger partial charge in [-0.05, 0) is 18.2 Å². The molecule has 130 valence electrons. The topological polar surface area (TPSA) is 110 Å². The van der Waals surface area contributed by atoms with Gasteiger partial charge in [-0.1, -0.05) is 23.2 Å². The van der Waals surface area contributed by atoms with Crippen LogP contribution >= 0.6 is 23.2 Å². The molecule has 7 nitrogen and oxygen atoms in total. The molecule has 0 amide bonds. The number of nitrogens with two attached hydrogens (primary N) is 2. The van der Waals surface area contributed by atoms with E-state index in [2.05, 4.69) is 19.9 Å². The van der Waals surface area contributed by atoms with E-state index in [4.69, 9.17) is 34.8 Å². The standard InChI is InChI=1S/C16H17Cl2N7/c17-10-1-2-11(13(18)5-10)16-12(14-7-21-9-23-14)6-22-15(24-16)8-25(20)4-3-19/h1-2,5-7,9H,3-4,8,19-20H2,(H,21,23). The van der Waals surface area contributed by atoms with Crippen LogP contribution in [0.15, 0.2) is 36.9 Å². The van der Waals surface area contributed by atoms with E-state index in [0.29, 0.717) is 41.2 Å². The summed E-state index contributed by atoms with van der Waals surface area (Å²) in [7, 11) is 0. The molecule has 9 heteroatoms. The molecule has 5 N–H and O–H groups in total. The molecule has 2 aromatic heterocycles. The van der Waals surface area contributed by atoms with Crippen molar-refractivity contribution in [2.24, 2.45) is 11.6 Å². The fraction of sp³-hybridized carbons (Fsp3) is 0.188. The first kappa shape index (κ1) is 17.8. The first-order chi connectivity index (χ1) is 12.1. The zero-order valence-electron chi connectivity index (χ0n) is 13.3. The number of aromatic amines is 1. The Morgan fingerprint density at radius 1 is 1.16 bits per heavy atom. The smallest absolute Gasteiger partial charge is 0.144 e. The number of hydrogen-bond donors (Lipinski definition) is 3. The molecule has 0 aliphatic carbocycles. The average Bonchev–Trinajstić information content (AvgIpc) is 3.09. The Morgan fingerprint density at radius 2 is 2.00 bits per heavy atom. The van der Waals surface area contributed by atoms with Crippen molar-refractivity contribution in [1.29, 1.82) is 0 Å². The summed E-state index contributed by atoms with van der Waals surface area (Å²) in [5.41, 5.74) is 8.53. The minimum absolute atomic E-state index is 0.374. The fourth-order valence-corrected chi connectivity index (χ4v) is 2.91. The summed E-state index contributed by atoms with van der Waals surface area (Å²) < 4.78 is 0. The molecule has 0 saturated heterocycles. The third-order valence-corrected chi connectivity index (χ3v) is 4.12. The van der Waals surface area contributed by atoms with E-state index in [0.717, 1.165) is 16.8 Å². The molecular formula is C16H17Cl2N7. The van der Waals surface area contributed by atoms with Crippen molar-refractivity contribution in [2.45, 2.75) is 6.54 Å². The van der Waals surface area contributed by atoms with E-state index in [-0.39, 0.29) is 0 Å². The van der Waals surface area contributed by atoms with E-state index in [1.54, 1.807) is 35.9 Å². The lowest BCUT2D eigenvalue weighted by molar-refractivity contribution is 0.276. The Kier molecular flexibility index (Phi) is 5.62. The monoisotopic (exact) mass is 377 g/mol. The van der Waals surface area contributed by atoms with Gasteiger partial charge in [-0.15, -0.1) is 0 Å². The highest BCUT2D eigenvalue weighted by Crippen LogP contribution is 2.34. The largest absolute Gasteiger partial charge is 0.345 e. The van der Waals surface area contributed by atoms with Crippen molar-refractivity contribution >= 4 is 23.2 Å². The number of imidazole rings is 1. The normalized spacial score (nSPS) is 11.2. The van der Waals surface area contributed by atoms with Gasteiger partial charge in [0.05, 0.1) is 35.5 Å². The van der Waals surface area contributed by atoms with Gasteiger partial charge >= 0.3 is 0 Å². The number of benzene rings is 1. The van der Waals surface area contributed by atoms with Gasteiger partial charge in [0.1, 0.15) is 5.82 Å². The maximum atomic E-state index is 6.38. The molecule has 0 unspecified atom stereocenters. The molecule has 0 saturated carbocycles. The average molecular weight is 378 g/mol. The molecule has 0 aliphatic heterocycles. The van der Waals surface area contributed by atoms with Gasteiger partial charge in [0, 0.05) is 35.4 Å². The van der Waals surface area contributed by atoms with Crippen molar-refractivity contribution < 1.29 is 0 Å². The van der Waals surface area contributed by atoms with Crippen LogP contribution in [0.5, 0.6) is 0 Å². The minimum atomic E-state index is 0.374. The molecule has 0 atom stereocenters. The molecule has 1 aromatic carbocycles. The molecular weight excluding hydrogens is 361 g/mol. The summed E-state index contributed by atoms with van der Waals surface area (Å²) in [6.07, 6.45) is 5.03. The first-order valence-electron chi connectivity index (χ1n) is 7.58. The van der Waals surface area contributed by atoms with Crippen molar-refractivity contribution in [2.75, 3.05) is 13.1 Å². The van der Waals surface area contributed by atoms with Gasteiger partial charge in [0.25, 0.3) is 0 Å². The number of hydrogen-bond acceptors (Lipinski definition) is 6. The zero-order valence-corrected chi connectivity index (χ0v) is 14.8. The van der Waals surface area contributed by atoms with Crippen LogP contribution in [-0.4, -0.2) is 38.0 Å². The number of halogens is 2. The maximum Gasteiger partial charge on any atom is 0.144 e. The highest BCUT2D eigenvalue weighted by molar-refractivity contribution is 6.36. The predicted molar refractivity (Wildman–Crippen MR) is 98.7 cm³/mol. The van der Waals surface area contributed by atoms with Crippen molar-refractivity contribution in [3.8, 4) is 22.5 Å². The molecule has 3 rings (SSSR count). The van der Waals surface area contributed by atoms with Crippen molar-refractivity contribution in [1.82, 2.24) is 24.9 Å². The van der Waals surface area contributed by atoms with Crippen LogP contribution in [0.3, 0.4) is 0 Å². The first-order valence-corrected chi connectivity index (χ1v) is 8.34. The maximum absolute atomic E-state index is 6.38. The molecule has 0 radical (unpaired) electrons. The summed E-state index contributed by atoms with van der Waals surface area (Å²) >= 11 is 12.4. The number of hydrazine groups is 1. The van der Waals surface area contributed by atoms with Gasteiger partial charge in [-0.2, -0.15) is 0 Å². The van der Waals surface area contributed by atoms with Crippen LogP contribution in [-0.2, 0) is 6.54 Å². The quantitative estimate of drug-likeness (QED) is 0.449. The summed E-state index contributed by atoms with van der Waals surface area (Å²) in [6.45, 7) is 1.37. The van der Waals surface area contributed by atoms with Crippen LogP contribution in [0.2, 0.25) is 10.0 Å². The fourth-order valence-electron chi connectivity index (χ4n) is 2.41. The number of nitrogens with zero attached hydrogens (tertiary/aromatic N) is 4.